The van der Waals surface area contributed by atoms with Gasteiger partial charge >= 0.3 is 5.97 Å². The Morgan fingerprint density at radius 3 is 2.06 bits per heavy atom. The number of esters is 1. The first-order valence-corrected chi connectivity index (χ1v) is 6.80. The summed E-state index contributed by atoms with van der Waals surface area (Å²) >= 11 is 0. The summed E-state index contributed by atoms with van der Waals surface area (Å²) in [6.07, 6.45) is 2.14. The molecule has 0 saturated carbocycles. The van der Waals surface area contributed by atoms with Crippen LogP contribution in [0.2, 0.25) is 0 Å². The van der Waals surface area contributed by atoms with Crippen LogP contribution in [-0.2, 0) is 9.53 Å². The first kappa shape index (κ1) is 16.5. The van der Waals surface area contributed by atoms with E-state index in [1.807, 2.05) is 20.8 Å². The van der Waals surface area contributed by atoms with Crippen molar-refractivity contribution in [1.29, 1.82) is 0 Å². The van der Waals surface area contributed by atoms with E-state index in [9.17, 15) is 4.79 Å². The van der Waals surface area contributed by atoms with Crippen LogP contribution in [0.5, 0.6) is 0 Å². The number of rotatable bonds is 6. The third kappa shape index (κ3) is 8.23. The van der Waals surface area contributed by atoms with Gasteiger partial charge in [-0.25, -0.2) is 0 Å². The molecule has 0 spiro atoms. The maximum Gasteiger partial charge on any atom is 0.308 e. The zero-order chi connectivity index (χ0) is 13.6. The summed E-state index contributed by atoms with van der Waals surface area (Å²) in [6.45, 7) is 15.6. The van der Waals surface area contributed by atoms with Crippen LogP contribution in [0, 0.1) is 23.2 Å². The monoisotopic (exact) mass is 242 g/mol. The van der Waals surface area contributed by atoms with Gasteiger partial charge in [-0.05, 0) is 30.1 Å². The maximum absolute atomic E-state index is 11.6. The Hall–Kier alpha value is -0.530. The van der Waals surface area contributed by atoms with Crippen molar-refractivity contribution in [3.63, 3.8) is 0 Å². The summed E-state index contributed by atoms with van der Waals surface area (Å²) in [7, 11) is 0. The van der Waals surface area contributed by atoms with Gasteiger partial charge in [-0.3, -0.25) is 4.79 Å². The predicted octanol–water partition coefficient (Wildman–Crippen LogP) is 4.28. The van der Waals surface area contributed by atoms with Crippen LogP contribution in [0.25, 0.3) is 0 Å². The molecule has 0 rings (SSSR count). The largest absolute Gasteiger partial charge is 0.465 e. The van der Waals surface area contributed by atoms with Crippen LogP contribution in [0.1, 0.15) is 61.3 Å². The molecule has 0 aliphatic carbocycles. The van der Waals surface area contributed by atoms with E-state index in [1.54, 1.807) is 0 Å². The van der Waals surface area contributed by atoms with Crippen molar-refractivity contribution >= 4 is 5.97 Å². The molecule has 0 aliphatic rings. The van der Waals surface area contributed by atoms with Gasteiger partial charge in [0.1, 0.15) is 0 Å². The van der Waals surface area contributed by atoms with Crippen LogP contribution in [0.15, 0.2) is 0 Å². The smallest absolute Gasteiger partial charge is 0.308 e. The van der Waals surface area contributed by atoms with E-state index in [1.165, 1.54) is 6.42 Å². The van der Waals surface area contributed by atoms with Gasteiger partial charge in [0.05, 0.1) is 12.5 Å². The number of carbonyl (C=O) groups excluding carboxylic acids is 1. The van der Waals surface area contributed by atoms with Crippen molar-refractivity contribution < 1.29 is 9.53 Å². The van der Waals surface area contributed by atoms with Gasteiger partial charge in [0.25, 0.3) is 0 Å². The minimum atomic E-state index is -0.0528. The fourth-order valence-corrected chi connectivity index (χ4v) is 1.91. The zero-order valence-electron chi connectivity index (χ0n) is 12.7. The van der Waals surface area contributed by atoms with E-state index in [0.29, 0.717) is 23.9 Å². The van der Waals surface area contributed by atoms with E-state index >= 15 is 0 Å². The Morgan fingerprint density at radius 2 is 1.65 bits per heavy atom. The third-order valence-corrected chi connectivity index (χ3v) is 3.19. The van der Waals surface area contributed by atoms with Gasteiger partial charge in [0.15, 0.2) is 0 Å². The molecule has 0 saturated heterocycles. The van der Waals surface area contributed by atoms with Crippen LogP contribution in [0.3, 0.4) is 0 Å². The lowest BCUT2D eigenvalue weighted by atomic mass is 9.84. The average Bonchev–Trinajstić information content (AvgIpc) is 2.13. The lowest BCUT2D eigenvalue weighted by Gasteiger charge is -2.23. The van der Waals surface area contributed by atoms with E-state index < -0.39 is 0 Å². The Kier molecular flexibility index (Phi) is 6.81. The van der Waals surface area contributed by atoms with E-state index in [0.717, 1.165) is 6.42 Å². The molecule has 0 bridgehead atoms. The molecule has 2 unspecified atom stereocenters. The molecule has 0 aliphatic heterocycles. The highest BCUT2D eigenvalue weighted by Crippen LogP contribution is 2.25. The molecule has 0 aromatic heterocycles. The topological polar surface area (TPSA) is 26.3 Å². The maximum atomic E-state index is 11.6. The molecule has 0 aromatic carbocycles. The van der Waals surface area contributed by atoms with Crippen LogP contribution in [0.4, 0.5) is 0 Å². The van der Waals surface area contributed by atoms with Crippen molar-refractivity contribution in [3.8, 4) is 0 Å². The molecule has 2 nitrogen and oxygen atoms in total. The van der Waals surface area contributed by atoms with E-state index in [2.05, 4.69) is 27.7 Å². The summed E-state index contributed by atoms with van der Waals surface area (Å²) in [5.74, 6) is 0.919. The van der Waals surface area contributed by atoms with E-state index in [-0.39, 0.29) is 11.9 Å². The number of ether oxygens (including phenoxy) is 1. The normalized spacial score (nSPS) is 15.8. The first-order valence-electron chi connectivity index (χ1n) is 6.80. The quantitative estimate of drug-likeness (QED) is 0.650. The van der Waals surface area contributed by atoms with Gasteiger partial charge in [-0.15, -0.1) is 0 Å². The van der Waals surface area contributed by atoms with Gasteiger partial charge in [-0.1, -0.05) is 48.5 Å². The summed E-state index contributed by atoms with van der Waals surface area (Å²) in [5.41, 5.74) is 0.356. The minimum absolute atomic E-state index is 0.00734. The molecule has 0 fully saturated rings. The zero-order valence-corrected chi connectivity index (χ0v) is 12.7. The number of hydrogen-bond acceptors (Lipinski definition) is 2. The highest BCUT2D eigenvalue weighted by molar-refractivity contribution is 5.72. The second kappa shape index (κ2) is 7.03. The van der Waals surface area contributed by atoms with Gasteiger partial charge < -0.3 is 4.74 Å². The molecular weight excluding hydrogens is 212 g/mol. The van der Waals surface area contributed by atoms with Crippen molar-refractivity contribution in [2.24, 2.45) is 23.2 Å². The Bertz CT molecular complexity index is 226. The van der Waals surface area contributed by atoms with Crippen molar-refractivity contribution in [2.75, 3.05) is 6.61 Å². The van der Waals surface area contributed by atoms with Crippen molar-refractivity contribution in [2.45, 2.75) is 61.3 Å². The Morgan fingerprint density at radius 1 is 1.12 bits per heavy atom. The summed E-state index contributed by atoms with van der Waals surface area (Å²) in [4.78, 5) is 11.6. The average molecular weight is 242 g/mol. The lowest BCUT2D eigenvalue weighted by molar-refractivity contribution is -0.149. The fourth-order valence-electron chi connectivity index (χ4n) is 1.91. The molecule has 0 heterocycles. The van der Waals surface area contributed by atoms with Crippen LogP contribution >= 0.6 is 0 Å². The van der Waals surface area contributed by atoms with Gasteiger partial charge in [-0.2, -0.15) is 0 Å². The third-order valence-electron chi connectivity index (χ3n) is 3.19. The molecule has 0 amide bonds. The highest BCUT2D eigenvalue weighted by atomic mass is 16.5. The SMILES string of the molecule is CC(CCOC(=O)C(C)C(C)C)CC(C)(C)C. The molecule has 17 heavy (non-hydrogen) atoms. The molecule has 2 heteroatoms. The number of hydrogen-bond donors (Lipinski definition) is 0. The van der Waals surface area contributed by atoms with E-state index in [4.69, 9.17) is 4.74 Å². The number of carbonyl (C=O) groups is 1. The summed E-state index contributed by atoms with van der Waals surface area (Å²) in [6, 6.07) is 0. The molecule has 0 N–H and O–H groups in total. The highest BCUT2D eigenvalue weighted by Gasteiger charge is 2.19. The summed E-state index contributed by atoms with van der Waals surface area (Å²) in [5, 5.41) is 0. The molecule has 0 radical (unpaired) electrons. The van der Waals surface area contributed by atoms with Gasteiger partial charge in [0.2, 0.25) is 0 Å². The van der Waals surface area contributed by atoms with Crippen molar-refractivity contribution in [3.05, 3.63) is 0 Å². The second-order valence-electron chi connectivity index (χ2n) is 6.86. The standard InChI is InChI=1S/C15H30O2/c1-11(2)13(4)14(16)17-9-8-12(3)10-15(5,6)7/h11-13H,8-10H2,1-7H3. The lowest BCUT2D eigenvalue weighted by Crippen LogP contribution is -2.21. The Balaban J connectivity index is 3.81. The second-order valence-corrected chi connectivity index (χ2v) is 6.86. The van der Waals surface area contributed by atoms with Crippen molar-refractivity contribution in [1.82, 2.24) is 0 Å². The molecule has 2 atom stereocenters. The molecular formula is C15H30O2. The van der Waals surface area contributed by atoms with Crippen LogP contribution < -0.4 is 0 Å². The molecule has 0 aromatic rings. The fraction of sp³-hybridized carbons (Fsp3) is 0.933. The molecule has 102 valence electrons. The predicted molar refractivity (Wildman–Crippen MR) is 72.8 cm³/mol. The van der Waals surface area contributed by atoms with Crippen LogP contribution in [-0.4, -0.2) is 12.6 Å². The van der Waals surface area contributed by atoms with Gasteiger partial charge in [0, 0.05) is 0 Å². The first-order chi connectivity index (χ1) is 7.63. The Labute approximate surface area is 107 Å². The summed E-state index contributed by atoms with van der Waals surface area (Å²) < 4.78 is 5.31. The minimum Gasteiger partial charge on any atom is -0.465 e.